The number of nitrogens with zero attached hydrogens (tertiary/aromatic N) is 1. The number of thiophene rings is 1. The Balaban J connectivity index is 2.20. The normalized spacial score (nSPS) is 11.9. The minimum Gasteiger partial charge on any atom is -0.206 e. The third-order valence-corrected chi connectivity index (χ3v) is 5.82. The molecule has 0 aliphatic heterocycles. The highest BCUT2D eigenvalue weighted by atomic mass is 32.2. The van der Waals surface area contributed by atoms with Crippen molar-refractivity contribution in [3.05, 3.63) is 52.9 Å². The van der Waals surface area contributed by atoms with E-state index in [-0.39, 0.29) is 0 Å². The number of sulfonamides is 1. The maximum Gasteiger partial charge on any atom is 0.252 e. The van der Waals surface area contributed by atoms with Gasteiger partial charge >= 0.3 is 0 Å². The fourth-order valence-electron chi connectivity index (χ4n) is 1.72. The second kappa shape index (κ2) is 5.22. The van der Waals surface area contributed by atoms with Crippen molar-refractivity contribution in [1.29, 1.82) is 0 Å². The molecule has 18 heavy (non-hydrogen) atoms. The van der Waals surface area contributed by atoms with E-state index in [1.54, 1.807) is 24.6 Å². The Labute approximate surface area is 112 Å². The standard InChI is InChI=1S/C13H15NO2S2/c1-11-5-3-6-12(9-11)10-14(2)18(15,16)13-7-4-8-17-13/h3-9H,10H2,1-2H3. The molecule has 0 amide bonds. The molecule has 0 saturated carbocycles. The summed E-state index contributed by atoms with van der Waals surface area (Å²) < 4.78 is 26.2. The Morgan fingerprint density at radius 3 is 2.61 bits per heavy atom. The molecule has 0 spiro atoms. The van der Waals surface area contributed by atoms with Gasteiger partial charge in [0.05, 0.1) is 0 Å². The average Bonchev–Trinajstić information content (AvgIpc) is 2.82. The zero-order valence-electron chi connectivity index (χ0n) is 10.3. The molecule has 3 nitrogen and oxygen atoms in total. The lowest BCUT2D eigenvalue weighted by atomic mass is 10.1. The Bertz CT molecular complexity index is 618. The first-order valence-electron chi connectivity index (χ1n) is 5.55. The van der Waals surface area contributed by atoms with Gasteiger partial charge in [0, 0.05) is 13.6 Å². The van der Waals surface area contributed by atoms with Crippen molar-refractivity contribution in [2.24, 2.45) is 0 Å². The SMILES string of the molecule is Cc1cccc(CN(C)S(=O)(=O)c2cccs2)c1. The topological polar surface area (TPSA) is 37.4 Å². The van der Waals surface area contributed by atoms with Gasteiger partial charge in [-0.25, -0.2) is 8.42 Å². The molecule has 0 unspecified atom stereocenters. The van der Waals surface area contributed by atoms with Gasteiger partial charge in [0.2, 0.25) is 0 Å². The summed E-state index contributed by atoms with van der Waals surface area (Å²) in [5, 5.41) is 1.77. The molecule has 0 fully saturated rings. The smallest absolute Gasteiger partial charge is 0.206 e. The second-order valence-corrected chi connectivity index (χ2v) is 7.40. The van der Waals surface area contributed by atoms with Crippen LogP contribution in [0.1, 0.15) is 11.1 Å². The zero-order valence-corrected chi connectivity index (χ0v) is 12.0. The number of benzene rings is 1. The van der Waals surface area contributed by atoms with E-state index >= 15 is 0 Å². The van der Waals surface area contributed by atoms with Crippen molar-refractivity contribution in [1.82, 2.24) is 4.31 Å². The van der Waals surface area contributed by atoms with Crippen LogP contribution in [-0.4, -0.2) is 19.8 Å². The van der Waals surface area contributed by atoms with E-state index in [2.05, 4.69) is 0 Å². The highest BCUT2D eigenvalue weighted by Crippen LogP contribution is 2.21. The minimum absolute atomic E-state index is 0.387. The Hall–Kier alpha value is -1.17. The predicted octanol–water partition coefficient (Wildman–Crippen LogP) is 2.88. The third-order valence-electron chi connectivity index (χ3n) is 2.65. The molecule has 5 heteroatoms. The van der Waals surface area contributed by atoms with E-state index in [0.29, 0.717) is 10.8 Å². The number of rotatable bonds is 4. The van der Waals surface area contributed by atoms with E-state index < -0.39 is 10.0 Å². The van der Waals surface area contributed by atoms with Gasteiger partial charge in [-0.05, 0) is 23.9 Å². The van der Waals surface area contributed by atoms with E-state index in [1.165, 1.54) is 15.6 Å². The highest BCUT2D eigenvalue weighted by Gasteiger charge is 2.21. The lowest BCUT2D eigenvalue weighted by molar-refractivity contribution is 0.468. The van der Waals surface area contributed by atoms with E-state index in [0.717, 1.165) is 11.1 Å². The first kappa shape index (κ1) is 13.3. The Kier molecular flexibility index (Phi) is 3.85. The molecule has 2 aromatic rings. The third kappa shape index (κ3) is 2.80. The molecular formula is C13H15NO2S2. The summed E-state index contributed by atoms with van der Waals surface area (Å²) in [5.74, 6) is 0. The predicted molar refractivity (Wildman–Crippen MR) is 74.2 cm³/mol. The van der Waals surface area contributed by atoms with Gasteiger partial charge in [-0.15, -0.1) is 11.3 Å². The van der Waals surface area contributed by atoms with Crippen LogP contribution in [0.3, 0.4) is 0 Å². The molecule has 0 N–H and O–H groups in total. The van der Waals surface area contributed by atoms with Crippen LogP contribution in [0, 0.1) is 6.92 Å². The van der Waals surface area contributed by atoms with Crippen LogP contribution in [0.5, 0.6) is 0 Å². The van der Waals surface area contributed by atoms with Crippen molar-refractivity contribution in [3.63, 3.8) is 0 Å². The molecule has 1 aromatic carbocycles. The van der Waals surface area contributed by atoms with Crippen molar-refractivity contribution in [2.75, 3.05) is 7.05 Å². The zero-order chi connectivity index (χ0) is 13.2. The Morgan fingerprint density at radius 2 is 2.00 bits per heavy atom. The molecule has 1 heterocycles. The monoisotopic (exact) mass is 281 g/mol. The largest absolute Gasteiger partial charge is 0.252 e. The molecule has 0 bridgehead atoms. The number of hydrogen-bond donors (Lipinski definition) is 0. The molecule has 0 atom stereocenters. The van der Waals surface area contributed by atoms with E-state index in [1.807, 2.05) is 31.2 Å². The van der Waals surface area contributed by atoms with Crippen LogP contribution in [-0.2, 0) is 16.6 Å². The first-order chi connectivity index (χ1) is 8.50. The Morgan fingerprint density at radius 1 is 1.22 bits per heavy atom. The van der Waals surface area contributed by atoms with Gasteiger partial charge < -0.3 is 0 Å². The first-order valence-corrected chi connectivity index (χ1v) is 7.87. The van der Waals surface area contributed by atoms with Gasteiger partial charge in [-0.1, -0.05) is 35.9 Å². The summed E-state index contributed by atoms with van der Waals surface area (Å²) >= 11 is 1.24. The molecule has 2 rings (SSSR count). The maximum absolute atomic E-state index is 12.2. The molecule has 96 valence electrons. The van der Waals surface area contributed by atoms with Crippen LogP contribution in [0.4, 0.5) is 0 Å². The molecule has 0 radical (unpaired) electrons. The number of hydrogen-bond acceptors (Lipinski definition) is 3. The van der Waals surface area contributed by atoms with Crippen LogP contribution in [0.2, 0.25) is 0 Å². The summed E-state index contributed by atoms with van der Waals surface area (Å²) in [6, 6.07) is 11.3. The summed E-state index contributed by atoms with van der Waals surface area (Å²) in [6.45, 7) is 2.39. The van der Waals surface area contributed by atoms with Crippen molar-refractivity contribution >= 4 is 21.4 Å². The molecular weight excluding hydrogens is 266 g/mol. The summed E-state index contributed by atoms with van der Waals surface area (Å²) in [6.07, 6.45) is 0. The van der Waals surface area contributed by atoms with Crippen LogP contribution < -0.4 is 0 Å². The second-order valence-electron chi connectivity index (χ2n) is 4.18. The maximum atomic E-state index is 12.2. The van der Waals surface area contributed by atoms with Crippen molar-refractivity contribution in [2.45, 2.75) is 17.7 Å². The molecule has 0 aliphatic rings. The van der Waals surface area contributed by atoms with E-state index in [9.17, 15) is 8.42 Å². The van der Waals surface area contributed by atoms with Crippen LogP contribution >= 0.6 is 11.3 Å². The molecule has 1 aromatic heterocycles. The van der Waals surface area contributed by atoms with Gasteiger partial charge in [-0.2, -0.15) is 4.31 Å². The van der Waals surface area contributed by atoms with Crippen LogP contribution in [0.25, 0.3) is 0 Å². The molecule has 0 saturated heterocycles. The van der Waals surface area contributed by atoms with Crippen LogP contribution in [0.15, 0.2) is 46.0 Å². The van der Waals surface area contributed by atoms with Crippen molar-refractivity contribution in [3.8, 4) is 0 Å². The van der Waals surface area contributed by atoms with Gasteiger partial charge in [-0.3, -0.25) is 0 Å². The lowest BCUT2D eigenvalue weighted by Crippen LogP contribution is -2.25. The molecule has 0 aliphatic carbocycles. The quantitative estimate of drug-likeness (QED) is 0.864. The summed E-state index contributed by atoms with van der Waals surface area (Å²) in [5.41, 5.74) is 2.13. The van der Waals surface area contributed by atoms with Gasteiger partial charge in [0.1, 0.15) is 4.21 Å². The summed E-state index contributed by atoms with van der Waals surface area (Å²) in [4.78, 5) is 0. The van der Waals surface area contributed by atoms with Gasteiger partial charge in [0.15, 0.2) is 0 Å². The fraction of sp³-hybridized carbons (Fsp3) is 0.231. The minimum atomic E-state index is -3.35. The summed E-state index contributed by atoms with van der Waals surface area (Å²) in [7, 11) is -1.75. The average molecular weight is 281 g/mol. The highest BCUT2D eigenvalue weighted by molar-refractivity contribution is 7.91. The number of aryl methyl sites for hydroxylation is 1. The van der Waals surface area contributed by atoms with Crippen molar-refractivity contribution < 1.29 is 8.42 Å². The van der Waals surface area contributed by atoms with Gasteiger partial charge in [0.25, 0.3) is 10.0 Å². The fourth-order valence-corrected chi connectivity index (χ4v) is 4.08. The van der Waals surface area contributed by atoms with E-state index in [4.69, 9.17) is 0 Å². The lowest BCUT2D eigenvalue weighted by Gasteiger charge is -2.16.